The van der Waals surface area contributed by atoms with Gasteiger partial charge in [0, 0.05) is 15.9 Å². The highest BCUT2D eigenvalue weighted by Crippen LogP contribution is 2.26. The van der Waals surface area contributed by atoms with Crippen LogP contribution < -0.4 is 5.73 Å². The summed E-state index contributed by atoms with van der Waals surface area (Å²) in [7, 11) is 0. The van der Waals surface area contributed by atoms with Crippen molar-refractivity contribution in [2.75, 3.05) is 6.26 Å². The zero-order chi connectivity index (χ0) is 8.27. The molecule has 0 aromatic heterocycles. The molecule has 1 nitrogen and oxygen atoms in total. The number of hydrogen-bond donors (Lipinski definition) is 1. The predicted molar refractivity (Wildman–Crippen MR) is 53.8 cm³/mol. The molecule has 1 rings (SSSR count). The fourth-order valence-corrected chi connectivity index (χ4v) is 2.10. The fourth-order valence-electron chi connectivity index (χ4n) is 0.831. The van der Waals surface area contributed by atoms with Crippen molar-refractivity contribution >= 4 is 27.7 Å². The first kappa shape index (κ1) is 9.10. The molecule has 3 heteroatoms. The topological polar surface area (TPSA) is 26.0 Å². The van der Waals surface area contributed by atoms with Crippen LogP contribution in [0.15, 0.2) is 27.6 Å². The number of halogens is 1. The first-order valence-electron chi connectivity index (χ1n) is 3.30. The molecule has 0 radical (unpaired) electrons. The van der Waals surface area contributed by atoms with Gasteiger partial charge in [0.15, 0.2) is 0 Å². The molecule has 0 bridgehead atoms. The molecule has 2 N–H and O–H groups in total. The van der Waals surface area contributed by atoms with Crippen LogP contribution >= 0.6 is 27.7 Å². The van der Waals surface area contributed by atoms with E-state index >= 15 is 0 Å². The van der Waals surface area contributed by atoms with Crippen LogP contribution in [0.3, 0.4) is 0 Å². The average Bonchev–Trinajstić information content (AvgIpc) is 2.05. The molecular formula is C8H10BrNS. The van der Waals surface area contributed by atoms with Crippen LogP contribution in [0, 0.1) is 0 Å². The van der Waals surface area contributed by atoms with Crippen molar-refractivity contribution in [3.8, 4) is 0 Å². The molecule has 0 atom stereocenters. The van der Waals surface area contributed by atoms with Gasteiger partial charge in [0.05, 0.1) is 0 Å². The number of thioether (sulfide) groups is 1. The van der Waals surface area contributed by atoms with Gasteiger partial charge < -0.3 is 5.73 Å². The van der Waals surface area contributed by atoms with E-state index in [-0.39, 0.29) is 0 Å². The van der Waals surface area contributed by atoms with Crippen LogP contribution in [-0.4, -0.2) is 6.26 Å². The highest BCUT2D eigenvalue weighted by molar-refractivity contribution is 9.10. The smallest absolute Gasteiger partial charge is 0.0311 e. The molecule has 60 valence electrons. The van der Waals surface area contributed by atoms with Gasteiger partial charge >= 0.3 is 0 Å². The maximum Gasteiger partial charge on any atom is 0.0311 e. The molecule has 11 heavy (non-hydrogen) atoms. The Bertz CT molecular complexity index is 250. The van der Waals surface area contributed by atoms with Crippen LogP contribution in [0.2, 0.25) is 0 Å². The van der Waals surface area contributed by atoms with Gasteiger partial charge in [-0.15, -0.1) is 11.8 Å². The van der Waals surface area contributed by atoms with E-state index in [0.29, 0.717) is 6.54 Å². The molecule has 0 amide bonds. The van der Waals surface area contributed by atoms with Gasteiger partial charge in [0.25, 0.3) is 0 Å². The Morgan fingerprint density at radius 3 is 2.82 bits per heavy atom. The van der Waals surface area contributed by atoms with Crippen LogP contribution in [0.1, 0.15) is 5.56 Å². The third-order valence-corrected chi connectivity index (χ3v) is 3.18. The Morgan fingerprint density at radius 1 is 1.55 bits per heavy atom. The number of nitrogens with two attached hydrogens (primary N) is 1. The highest BCUT2D eigenvalue weighted by atomic mass is 79.9. The van der Waals surface area contributed by atoms with E-state index in [2.05, 4.69) is 28.3 Å². The Hall–Kier alpha value is 0.01000. The number of rotatable bonds is 2. The summed E-state index contributed by atoms with van der Waals surface area (Å²) >= 11 is 5.18. The maximum absolute atomic E-state index is 5.50. The minimum Gasteiger partial charge on any atom is -0.326 e. The average molecular weight is 232 g/mol. The van der Waals surface area contributed by atoms with E-state index in [1.807, 2.05) is 12.1 Å². The summed E-state index contributed by atoms with van der Waals surface area (Å²) in [5.74, 6) is 0. The van der Waals surface area contributed by atoms with Crippen LogP contribution in [-0.2, 0) is 6.54 Å². The van der Waals surface area contributed by atoms with Crippen LogP contribution in [0.5, 0.6) is 0 Å². The second-order valence-corrected chi connectivity index (χ2v) is 3.88. The highest BCUT2D eigenvalue weighted by Gasteiger charge is 1.97. The van der Waals surface area contributed by atoms with Gasteiger partial charge in [-0.25, -0.2) is 0 Å². The molecule has 0 heterocycles. The lowest BCUT2D eigenvalue weighted by atomic mass is 10.2. The minimum absolute atomic E-state index is 0.612. The molecule has 0 aliphatic rings. The lowest BCUT2D eigenvalue weighted by Gasteiger charge is -2.02. The summed E-state index contributed by atoms with van der Waals surface area (Å²) in [6.07, 6.45) is 2.06. The molecule has 1 aromatic carbocycles. The van der Waals surface area contributed by atoms with Gasteiger partial charge in [0.1, 0.15) is 0 Å². The second kappa shape index (κ2) is 4.14. The molecule has 0 saturated heterocycles. The Morgan fingerprint density at radius 2 is 2.27 bits per heavy atom. The van der Waals surface area contributed by atoms with E-state index in [0.717, 1.165) is 4.47 Å². The van der Waals surface area contributed by atoms with Crippen LogP contribution in [0.25, 0.3) is 0 Å². The summed E-state index contributed by atoms with van der Waals surface area (Å²) in [6.45, 7) is 0.612. The van der Waals surface area contributed by atoms with Crippen molar-refractivity contribution in [1.82, 2.24) is 0 Å². The first-order chi connectivity index (χ1) is 5.27. The van der Waals surface area contributed by atoms with Crippen molar-refractivity contribution < 1.29 is 0 Å². The lowest BCUT2D eigenvalue weighted by Crippen LogP contribution is -1.95. The third-order valence-electron chi connectivity index (χ3n) is 1.45. The second-order valence-electron chi connectivity index (χ2n) is 2.17. The monoisotopic (exact) mass is 231 g/mol. The van der Waals surface area contributed by atoms with Gasteiger partial charge in [-0.3, -0.25) is 0 Å². The van der Waals surface area contributed by atoms with Gasteiger partial charge in [0.2, 0.25) is 0 Å². The molecular weight excluding hydrogens is 222 g/mol. The van der Waals surface area contributed by atoms with Crippen molar-refractivity contribution in [1.29, 1.82) is 0 Å². The summed E-state index contributed by atoms with van der Waals surface area (Å²) < 4.78 is 1.14. The zero-order valence-corrected chi connectivity index (χ0v) is 8.71. The lowest BCUT2D eigenvalue weighted by molar-refractivity contribution is 1.06. The first-order valence-corrected chi connectivity index (χ1v) is 5.32. The summed E-state index contributed by atoms with van der Waals surface area (Å²) in [5, 5.41) is 0. The van der Waals surface area contributed by atoms with Crippen molar-refractivity contribution in [3.05, 3.63) is 28.2 Å². The third kappa shape index (κ3) is 2.22. The van der Waals surface area contributed by atoms with Gasteiger partial charge in [-0.2, -0.15) is 0 Å². The number of hydrogen-bond acceptors (Lipinski definition) is 2. The van der Waals surface area contributed by atoms with E-state index < -0.39 is 0 Å². The van der Waals surface area contributed by atoms with E-state index in [9.17, 15) is 0 Å². The van der Waals surface area contributed by atoms with Gasteiger partial charge in [-0.05, 0) is 39.9 Å². The Kier molecular flexibility index (Phi) is 3.43. The Balaban J connectivity index is 3.02. The number of benzene rings is 1. The SMILES string of the molecule is CSc1cc(CN)ccc1Br. The predicted octanol–water partition coefficient (Wildman–Crippen LogP) is 2.63. The normalized spacial score (nSPS) is 10.1. The molecule has 0 aliphatic heterocycles. The molecule has 1 aromatic rings. The molecule has 0 unspecified atom stereocenters. The summed E-state index contributed by atoms with van der Waals surface area (Å²) in [6, 6.07) is 6.17. The molecule has 0 fully saturated rings. The quantitative estimate of drug-likeness (QED) is 0.793. The Labute approximate surface area is 79.5 Å². The van der Waals surface area contributed by atoms with Crippen molar-refractivity contribution in [2.24, 2.45) is 5.73 Å². The van der Waals surface area contributed by atoms with E-state index in [1.54, 1.807) is 11.8 Å². The largest absolute Gasteiger partial charge is 0.326 e. The van der Waals surface area contributed by atoms with E-state index in [1.165, 1.54) is 10.5 Å². The van der Waals surface area contributed by atoms with Crippen molar-refractivity contribution in [2.45, 2.75) is 11.4 Å². The van der Waals surface area contributed by atoms with Crippen LogP contribution in [0.4, 0.5) is 0 Å². The summed E-state index contributed by atoms with van der Waals surface area (Å²) in [4.78, 5) is 1.24. The molecule has 0 aliphatic carbocycles. The zero-order valence-electron chi connectivity index (χ0n) is 6.30. The standard InChI is InChI=1S/C8H10BrNS/c1-11-8-4-6(5-10)2-3-7(8)9/h2-4H,5,10H2,1H3. The van der Waals surface area contributed by atoms with Gasteiger partial charge in [-0.1, -0.05) is 6.07 Å². The fraction of sp³-hybridized carbons (Fsp3) is 0.250. The maximum atomic E-state index is 5.50. The van der Waals surface area contributed by atoms with E-state index in [4.69, 9.17) is 5.73 Å². The minimum atomic E-state index is 0.612. The molecule has 0 saturated carbocycles. The molecule has 0 spiro atoms. The summed E-state index contributed by atoms with van der Waals surface area (Å²) in [5.41, 5.74) is 6.68. The van der Waals surface area contributed by atoms with Crippen molar-refractivity contribution in [3.63, 3.8) is 0 Å².